The van der Waals surface area contributed by atoms with Crippen molar-refractivity contribution >= 4 is 5.91 Å². The first-order valence-corrected chi connectivity index (χ1v) is 9.04. The number of hydrogen-bond donors (Lipinski definition) is 1. The minimum Gasteiger partial charge on any atom is -0.342 e. The van der Waals surface area contributed by atoms with E-state index in [0.717, 1.165) is 39.0 Å². The van der Waals surface area contributed by atoms with Crippen molar-refractivity contribution < 1.29 is 4.79 Å². The number of carbonyl (C=O) groups is 1. The highest BCUT2D eigenvalue weighted by atomic mass is 16.2. The fourth-order valence-corrected chi connectivity index (χ4v) is 4.11. The number of piperidine rings is 1. The fraction of sp³-hybridized carbons (Fsp3) is 0.944. The summed E-state index contributed by atoms with van der Waals surface area (Å²) in [5.74, 6) is 1.40. The quantitative estimate of drug-likeness (QED) is 0.842. The van der Waals surface area contributed by atoms with Crippen molar-refractivity contribution in [2.45, 2.75) is 65.7 Å². The van der Waals surface area contributed by atoms with E-state index in [2.05, 4.69) is 31.0 Å². The standard InChI is InChI=1S/C18H34N2O/c1-4-13-20(14-15-8-11-19-12-9-15)17(21)16-7-5-6-10-18(16,2)3/h15-16,19H,4-14H2,1-3H3. The Hall–Kier alpha value is -0.570. The average Bonchev–Trinajstić information content (AvgIpc) is 2.47. The van der Waals surface area contributed by atoms with Crippen LogP contribution in [0, 0.1) is 17.3 Å². The average molecular weight is 294 g/mol. The van der Waals surface area contributed by atoms with E-state index in [1.165, 1.54) is 32.1 Å². The molecular weight excluding hydrogens is 260 g/mol. The van der Waals surface area contributed by atoms with Crippen LogP contribution in [0.3, 0.4) is 0 Å². The molecule has 1 unspecified atom stereocenters. The Balaban J connectivity index is 2.00. The molecule has 0 aromatic heterocycles. The van der Waals surface area contributed by atoms with E-state index in [0.29, 0.717) is 11.8 Å². The van der Waals surface area contributed by atoms with Crippen LogP contribution in [-0.4, -0.2) is 37.0 Å². The van der Waals surface area contributed by atoms with E-state index in [1.807, 2.05) is 0 Å². The molecule has 1 heterocycles. The van der Waals surface area contributed by atoms with Gasteiger partial charge in [0.15, 0.2) is 0 Å². The molecule has 0 radical (unpaired) electrons. The van der Waals surface area contributed by atoms with Crippen LogP contribution >= 0.6 is 0 Å². The van der Waals surface area contributed by atoms with Gasteiger partial charge in [0.05, 0.1) is 0 Å². The molecule has 0 bridgehead atoms. The van der Waals surface area contributed by atoms with Crippen LogP contribution in [0.2, 0.25) is 0 Å². The Labute approximate surface area is 130 Å². The van der Waals surface area contributed by atoms with Gasteiger partial charge in [-0.15, -0.1) is 0 Å². The summed E-state index contributed by atoms with van der Waals surface area (Å²) in [6.45, 7) is 10.9. The lowest BCUT2D eigenvalue weighted by molar-refractivity contribution is -0.142. The normalized spacial score (nSPS) is 26.5. The van der Waals surface area contributed by atoms with Gasteiger partial charge in [0.1, 0.15) is 0 Å². The zero-order valence-corrected chi connectivity index (χ0v) is 14.3. The maximum Gasteiger partial charge on any atom is 0.226 e. The third kappa shape index (κ3) is 4.45. The first-order chi connectivity index (χ1) is 10.0. The second kappa shape index (κ2) is 7.62. The van der Waals surface area contributed by atoms with Crippen LogP contribution < -0.4 is 5.32 Å². The third-order valence-electron chi connectivity index (χ3n) is 5.55. The molecule has 122 valence electrons. The van der Waals surface area contributed by atoms with Gasteiger partial charge < -0.3 is 10.2 Å². The third-order valence-corrected chi connectivity index (χ3v) is 5.55. The summed E-state index contributed by atoms with van der Waals surface area (Å²) < 4.78 is 0. The summed E-state index contributed by atoms with van der Waals surface area (Å²) in [6, 6.07) is 0. The number of nitrogens with zero attached hydrogens (tertiary/aromatic N) is 1. The van der Waals surface area contributed by atoms with Crippen molar-refractivity contribution in [2.24, 2.45) is 17.3 Å². The maximum absolute atomic E-state index is 13.1. The van der Waals surface area contributed by atoms with Gasteiger partial charge in [0.25, 0.3) is 0 Å². The van der Waals surface area contributed by atoms with E-state index in [-0.39, 0.29) is 11.3 Å². The van der Waals surface area contributed by atoms with E-state index < -0.39 is 0 Å². The van der Waals surface area contributed by atoms with Crippen molar-refractivity contribution in [1.29, 1.82) is 0 Å². The molecule has 1 atom stereocenters. The molecule has 1 saturated carbocycles. The van der Waals surface area contributed by atoms with Crippen LogP contribution in [0.4, 0.5) is 0 Å². The Bertz CT molecular complexity index is 334. The first-order valence-electron chi connectivity index (χ1n) is 9.04. The lowest BCUT2D eigenvalue weighted by Crippen LogP contribution is -2.46. The molecule has 2 fully saturated rings. The Morgan fingerprint density at radius 3 is 2.52 bits per heavy atom. The summed E-state index contributed by atoms with van der Waals surface area (Å²) in [7, 11) is 0. The highest BCUT2D eigenvalue weighted by molar-refractivity contribution is 5.79. The molecule has 2 aliphatic rings. The molecule has 21 heavy (non-hydrogen) atoms. The summed E-state index contributed by atoms with van der Waals surface area (Å²) in [5.41, 5.74) is 0.190. The molecule has 2 rings (SSSR count). The fourth-order valence-electron chi connectivity index (χ4n) is 4.11. The smallest absolute Gasteiger partial charge is 0.226 e. The van der Waals surface area contributed by atoms with Gasteiger partial charge in [-0.2, -0.15) is 0 Å². The lowest BCUT2D eigenvalue weighted by atomic mass is 9.68. The van der Waals surface area contributed by atoms with Gasteiger partial charge in [-0.05, 0) is 56.5 Å². The molecule has 3 heteroatoms. The van der Waals surface area contributed by atoms with Crippen molar-refractivity contribution in [1.82, 2.24) is 10.2 Å². The van der Waals surface area contributed by atoms with Gasteiger partial charge in [-0.25, -0.2) is 0 Å². The second-order valence-corrected chi connectivity index (χ2v) is 7.76. The van der Waals surface area contributed by atoms with E-state index in [4.69, 9.17) is 0 Å². The summed E-state index contributed by atoms with van der Waals surface area (Å²) in [6.07, 6.45) is 8.34. The highest BCUT2D eigenvalue weighted by Gasteiger charge is 2.39. The highest BCUT2D eigenvalue weighted by Crippen LogP contribution is 2.41. The molecule has 1 saturated heterocycles. The molecule has 1 amide bonds. The van der Waals surface area contributed by atoms with E-state index >= 15 is 0 Å². The van der Waals surface area contributed by atoms with E-state index in [9.17, 15) is 4.79 Å². The van der Waals surface area contributed by atoms with Gasteiger partial charge in [0, 0.05) is 19.0 Å². The van der Waals surface area contributed by atoms with Gasteiger partial charge in [0.2, 0.25) is 5.91 Å². The molecule has 0 aromatic rings. The topological polar surface area (TPSA) is 32.3 Å². The van der Waals surface area contributed by atoms with Crippen molar-refractivity contribution in [3.8, 4) is 0 Å². The largest absolute Gasteiger partial charge is 0.342 e. The molecule has 0 spiro atoms. The molecule has 3 nitrogen and oxygen atoms in total. The van der Waals surface area contributed by atoms with Crippen molar-refractivity contribution in [3.63, 3.8) is 0 Å². The predicted molar refractivity (Wildman–Crippen MR) is 88.2 cm³/mol. The van der Waals surface area contributed by atoms with Crippen LogP contribution in [0.1, 0.15) is 65.7 Å². The van der Waals surface area contributed by atoms with E-state index in [1.54, 1.807) is 0 Å². The molecule has 1 aliphatic heterocycles. The van der Waals surface area contributed by atoms with Crippen molar-refractivity contribution in [2.75, 3.05) is 26.2 Å². The number of carbonyl (C=O) groups excluding carboxylic acids is 1. The molecular formula is C18H34N2O. The minimum absolute atomic E-state index is 0.190. The van der Waals surface area contributed by atoms with Crippen molar-refractivity contribution in [3.05, 3.63) is 0 Å². The number of amides is 1. The number of rotatable bonds is 5. The Morgan fingerprint density at radius 1 is 1.19 bits per heavy atom. The Kier molecular flexibility index (Phi) is 6.09. The van der Waals surface area contributed by atoms with Crippen LogP contribution in [-0.2, 0) is 4.79 Å². The van der Waals surface area contributed by atoms with Crippen LogP contribution in [0.25, 0.3) is 0 Å². The zero-order chi connectivity index (χ0) is 15.3. The second-order valence-electron chi connectivity index (χ2n) is 7.76. The number of nitrogens with one attached hydrogen (secondary N) is 1. The summed E-state index contributed by atoms with van der Waals surface area (Å²) in [5, 5.41) is 3.42. The first kappa shape index (κ1) is 16.8. The van der Waals surface area contributed by atoms with Gasteiger partial charge in [-0.1, -0.05) is 33.6 Å². The maximum atomic E-state index is 13.1. The van der Waals surface area contributed by atoms with Gasteiger partial charge in [-0.3, -0.25) is 4.79 Å². The summed E-state index contributed by atoms with van der Waals surface area (Å²) >= 11 is 0. The predicted octanol–water partition coefficient (Wildman–Crippen LogP) is 3.44. The SMILES string of the molecule is CCCN(CC1CCNCC1)C(=O)C1CCCCC1(C)C. The molecule has 0 aromatic carbocycles. The van der Waals surface area contributed by atoms with Crippen LogP contribution in [0.5, 0.6) is 0 Å². The van der Waals surface area contributed by atoms with Crippen LogP contribution in [0.15, 0.2) is 0 Å². The summed E-state index contributed by atoms with van der Waals surface area (Å²) in [4.78, 5) is 15.3. The monoisotopic (exact) mass is 294 g/mol. The van der Waals surface area contributed by atoms with Gasteiger partial charge >= 0.3 is 0 Å². The number of hydrogen-bond acceptors (Lipinski definition) is 2. The minimum atomic E-state index is 0.190. The zero-order valence-electron chi connectivity index (χ0n) is 14.3. The molecule has 1 N–H and O–H groups in total. The Morgan fingerprint density at radius 2 is 1.90 bits per heavy atom. The lowest BCUT2D eigenvalue weighted by Gasteiger charge is -2.41. The molecule has 1 aliphatic carbocycles.